The SMILES string of the molecule is O=C(N/N=C\C1=C(N2CCOCC2)C(=Cc2ccccc2)CC1)c1ccc[nH]1. The molecule has 0 atom stereocenters. The summed E-state index contributed by atoms with van der Waals surface area (Å²) in [7, 11) is 0. The van der Waals surface area contributed by atoms with Gasteiger partial charge in [-0.1, -0.05) is 30.3 Å². The van der Waals surface area contributed by atoms with Gasteiger partial charge in [0.1, 0.15) is 5.69 Å². The van der Waals surface area contributed by atoms with Crippen LogP contribution in [0.15, 0.2) is 70.6 Å². The first kappa shape index (κ1) is 18.3. The molecule has 2 aliphatic rings. The van der Waals surface area contributed by atoms with Crippen LogP contribution in [-0.2, 0) is 4.74 Å². The van der Waals surface area contributed by atoms with Crippen molar-refractivity contribution in [3.63, 3.8) is 0 Å². The van der Waals surface area contributed by atoms with Gasteiger partial charge in [0.15, 0.2) is 0 Å². The maximum Gasteiger partial charge on any atom is 0.287 e. The fraction of sp³-hybridized carbons (Fsp3) is 0.273. The lowest BCUT2D eigenvalue weighted by atomic mass is 10.1. The summed E-state index contributed by atoms with van der Waals surface area (Å²) in [6.07, 6.45) is 7.64. The molecule has 1 aliphatic carbocycles. The van der Waals surface area contributed by atoms with Gasteiger partial charge in [-0.05, 0) is 47.8 Å². The van der Waals surface area contributed by atoms with Crippen LogP contribution in [0.2, 0.25) is 0 Å². The number of nitrogens with one attached hydrogen (secondary N) is 2. The van der Waals surface area contributed by atoms with Crippen molar-refractivity contribution in [3.05, 3.63) is 76.8 Å². The van der Waals surface area contributed by atoms with Gasteiger partial charge in [-0.2, -0.15) is 5.10 Å². The molecule has 1 amide bonds. The summed E-state index contributed by atoms with van der Waals surface area (Å²) in [5.74, 6) is -0.243. The predicted octanol–water partition coefficient (Wildman–Crippen LogP) is 3.19. The van der Waals surface area contributed by atoms with Crippen LogP contribution in [0, 0.1) is 0 Å². The second-order valence-electron chi connectivity index (χ2n) is 6.84. The number of hydrogen-bond acceptors (Lipinski definition) is 4. The molecule has 2 aromatic rings. The Balaban J connectivity index is 1.57. The Morgan fingerprint density at radius 3 is 2.68 bits per heavy atom. The average molecular weight is 376 g/mol. The Labute approximate surface area is 164 Å². The molecule has 0 radical (unpaired) electrons. The Morgan fingerprint density at radius 1 is 1.11 bits per heavy atom. The summed E-state index contributed by atoms with van der Waals surface area (Å²) in [5.41, 5.74) is 7.98. The van der Waals surface area contributed by atoms with Gasteiger partial charge < -0.3 is 14.6 Å². The lowest BCUT2D eigenvalue weighted by Crippen LogP contribution is -2.36. The van der Waals surface area contributed by atoms with Crippen LogP contribution in [0.25, 0.3) is 6.08 Å². The van der Waals surface area contributed by atoms with Crippen LogP contribution >= 0.6 is 0 Å². The molecule has 1 aromatic heterocycles. The molecular formula is C22H24N4O2. The van der Waals surface area contributed by atoms with Crippen LogP contribution < -0.4 is 5.43 Å². The maximum atomic E-state index is 12.1. The van der Waals surface area contributed by atoms with Gasteiger partial charge in [0.2, 0.25) is 0 Å². The van der Waals surface area contributed by atoms with E-state index in [1.54, 1.807) is 24.5 Å². The minimum Gasteiger partial charge on any atom is -0.378 e. The van der Waals surface area contributed by atoms with E-state index in [1.807, 2.05) is 6.07 Å². The highest BCUT2D eigenvalue weighted by atomic mass is 16.5. The first-order chi connectivity index (χ1) is 13.8. The molecular weight excluding hydrogens is 352 g/mol. The van der Waals surface area contributed by atoms with E-state index in [0.29, 0.717) is 5.69 Å². The molecule has 6 heteroatoms. The largest absolute Gasteiger partial charge is 0.378 e. The number of nitrogens with zero attached hydrogens (tertiary/aromatic N) is 2. The Kier molecular flexibility index (Phi) is 5.68. The number of amides is 1. The molecule has 0 saturated carbocycles. The second kappa shape index (κ2) is 8.71. The summed E-state index contributed by atoms with van der Waals surface area (Å²) in [6, 6.07) is 13.9. The van der Waals surface area contributed by atoms with Crippen molar-refractivity contribution < 1.29 is 9.53 Å². The summed E-state index contributed by atoms with van der Waals surface area (Å²) in [5, 5.41) is 4.21. The van der Waals surface area contributed by atoms with Crippen molar-refractivity contribution in [2.24, 2.45) is 5.10 Å². The van der Waals surface area contributed by atoms with Crippen molar-refractivity contribution >= 4 is 18.2 Å². The fourth-order valence-electron chi connectivity index (χ4n) is 3.62. The van der Waals surface area contributed by atoms with E-state index in [0.717, 1.165) is 44.7 Å². The number of carbonyl (C=O) groups excluding carboxylic acids is 1. The predicted molar refractivity (Wildman–Crippen MR) is 110 cm³/mol. The fourth-order valence-corrected chi connectivity index (χ4v) is 3.62. The molecule has 0 bridgehead atoms. The molecule has 1 aliphatic heterocycles. The highest BCUT2D eigenvalue weighted by Crippen LogP contribution is 2.34. The summed E-state index contributed by atoms with van der Waals surface area (Å²) >= 11 is 0. The minimum absolute atomic E-state index is 0.243. The van der Waals surface area contributed by atoms with Crippen molar-refractivity contribution in [1.82, 2.24) is 15.3 Å². The van der Waals surface area contributed by atoms with E-state index in [4.69, 9.17) is 4.74 Å². The van der Waals surface area contributed by atoms with Crippen LogP contribution in [0.5, 0.6) is 0 Å². The normalized spacial score (nSPS) is 19.0. The zero-order valence-electron chi connectivity index (χ0n) is 15.7. The Hall–Kier alpha value is -3.12. The number of morpholine rings is 1. The maximum absolute atomic E-state index is 12.1. The van der Waals surface area contributed by atoms with Gasteiger partial charge in [-0.25, -0.2) is 5.43 Å². The molecule has 144 valence electrons. The van der Waals surface area contributed by atoms with Crippen molar-refractivity contribution in [3.8, 4) is 0 Å². The number of aromatic nitrogens is 1. The molecule has 6 nitrogen and oxygen atoms in total. The lowest BCUT2D eigenvalue weighted by Gasteiger charge is -2.31. The number of hydrogen-bond donors (Lipinski definition) is 2. The summed E-state index contributed by atoms with van der Waals surface area (Å²) in [4.78, 5) is 17.3. The summed E-state index contributed by atoms with van der Waals surface area (Å²) in [6.45, 7) is 3.20. The highest BCUT2D eigenvalue weighted by molar-refractivity contribution is 5.93. The molecule has 0 spiro atoms. The first-order valence-electron chi connectivity index (χ1n) is 9.60. The Morgan fingerprint density at radius 2 is 1.93 bits per heavy atom. The first-order valence-corrected chi connectivity index (χ1v) is 9.60. The minimum atomic E-state index is -0.243. The van der Waals surface area contributed by atoms with Crippen molar-refractivity contribution in [2.45, 2.75) is 12.8 Å². The van der Waals surface area contributed by atoms with Crippen LogP contribution in [0.3, 0.4) is 0 Å². The number of benzene rings is 1. The lowest BCUT2D eigenvalue weighted by molar-refractivity contribution is 0.0548. The van der Waals surface area contributed by atoms with E-state index in [9.17, 15) is 4.79 Å². The molecule has 4 rings (SSSR count). The van der Waals surface area contributed by atoms with Gasteiger partial charge in [0.05, 0.1) is 19.4 Å². The van der Waals surface area contributed by atoms with Crippen LogP contribution in [-0.4, -0.2) is 48.3 Å². The molecule has 0 unspecified atom stereocenters. The van der Waals surface area contributed by atoms with E-state index >= 15 is 0 Å². The molecule has 1 fully saturated rings. The third-order valence-corrected chi connectivity index (χ3v) is 4.97. The topological polar surface area (TPSA) is 69.7 Å². The van der Waals surface area contributed by atoms with Gasteiger partial charge in [-0.3, -0.25) is 4.79 Å². The van der Waals surface area contributed by atoms with Gasteiger partial charge in [0, 0.05) is 25.0 Å². The van der Waals surface area contributed by atoms with E-state index < -0.39 is 0 Å². The zero-order valence-corrected chi connectivity index (χ0v) is 15.7. The monoisotopic (exact) mass is 376 g/mol. The average Bonchev–Trinajstić information content (AvgIpc) is 3.40. The van der Waals surface area contributed by atoms with Crippen molar-refractivity contribution in [1.29, 1.82) is 0 Å². The number of rotatable bonds is 5. The number of aromatic amines is 1. The molecule has 2 heterocycles. The molecule has 1 saturated heterocycles. The highest BCUT2D eigenvalue weighted by Gasteiger charge is 2.25. The number of hydrazone groups is 1. The van der Waals surface area contributed by atoms with Crippen molar-refractivity contribution in [2.75, 3.05) is 26.3 Å². The smallest absolute Gasteiger partial charge is 0.287 e. The van der Waals surface area contributed by atoms with E-state index in [2.05, 4.69) is 50.8 Å². The quantitative estimate of drug-likeness (QED) is 0.622. The standard InChI is InChI=1S/C22H24N4O2/c27-22(20-7-4-10-23-20)25-24-16-19-9-8-18(15-17-5-2-1-3-6-17)21(19)26-11-13-28-14-12-26/h1-7,10,15-16,23H,8-9,11-14H2,(H,25,27)/b18-15?,24-16-. The number of carbonyl (C=O) groups is 1. The summed E-state index contributed by atoms with van der Waals surface area (Å²) < 4.78 is 5.52. The van der Waals surface area contributed by atoms with Crippen LogP contribution in [0.4, 0.5) is 0 Å². The molecule has 2 N–H and O–H groups in total. The number of ether oxygens (including phenoxy) is 1. The third-order valence-electron chi connectivity index (χ3n) is 4.97. The van der Waals surface area contributed by atoms with Gasteiger partial charge >= 0.3 is 0 Å². The second-order valence-corrected chi connectivity index (χ2v) is 6.84. The van der Waals surface area contributed by atoms with Gasteiger partial charge in [-0.15, -0.1) is 0 Å². The number of H-pyrrole nitrogens is 1. The van der Waals surface area contributed by atoms with E-state index in [-0.39, 0.29) is 5.91 Å². The third kappa shape index (κ3) is 4.23. The Bertz CT molecular complexity index is 892. The number of allylic oxidation sites excluding steroid dienone is 2. The van der Waals surface area contributed by atoms with E-state index in [1.165, 1.54) is 16.8 Å². The molecule has 1 aromatic carbocycles. The van der Waals surface area contributed by atoms with Crippen LogP contribution in [0.1, 0.15) is 28.9 Å². The van der Waals surface area contributed by atoms with Gasteiger partial charge in [0.25, 0.3) is 5.91 Å². The molecule has 28 heavy (non-hydrogen) atoms. The zero-order chi connectivity index (χ0) is 19.2.